The monoisotopic (exact) mass is 394 g/mol. The highest BCUT2D eigenvalue weighted by Crippen LogP contribution is 2.22. The van der Waals surface area contributed by atoms with Crippen LogP contribution in [0.1, 0.15) is 17.7 Å². The number of morpholine rings is 1. The number of aromatic amines is 1. The van der Waals surface area contributed by atoms with Gasteiger partial charge in [-0.3, -0.25) is 14.6 Å². The number of carbonyl (C=O) groups excluding carboxylic acids is 1. The van der Waals surface area contributed by atoms with Gasteiger partial charge in [-0.2, -0.15) is 0 Å². The van der Waals surface area contributed by atoms with Crippen LogP contribution in [-0.2, 0) is 16.0 Å². The molecule has 27 heavy (non-hydrogen) atoms. The van der Waals surface area contributed by atoms with Crippen molar-refractivity contribution in [2.45, 2.75) is 19.8 Å². The minimum absolute atomic E-state index is 0.0796. The summed E-state index contributed by atoms with van der Waals surface area (Å²) in [5.41, 5.74) is 1.13. The molecule has 0 spiro atoms. The Morgan fingerprint density at radius 2 is 2.15 bits per heavy atom. The van der Waals surface area contributed by atoms with Gasteiger partial charge >= 0.3 is 0 Å². The molecular formula is C18H20ClFN4O3. The Bertz CT molecular complexity index is 897. The minimum Gasteiger partial charge on any atom is -0.378 e. The molecule has 7 nitrogen and oxygen atoms in total. The second kappa shape index (κ2) is 8.49. The maximum Gasteiger partial charge on any atom is 0.255 e. The largest absolute Gasteiger partial charge is 0.378 e. The van der Waals surface area contributed by atoms with Crippen LogP contribution in [0.25, 0.3) is 0 Å². The number of ether oxygens (including phenoxy) is 1. The van der Waals surface area contributed by atoms with E-state index in [0.29, 0.717) is 49.2 Å². The average Bonchev–Trinajstić information content (AvgIpc) is 2.64. The van der Waals surface area contributed by atoms with Crippen molar-refractivity contribution in [3.63, 3.8) is 0 Å². The maximum atomic E-state index is 13.1. The molecule has 0 radical (unpaired) electrons. The number of aromatic nitrogens is 2. The number of anilines is 2. The van der Waals surface area contributed by atoms with Crippen LogP contribution in [0.4, 0.5) is 16.0 Å². The third-order valence-electron chi connectivity index (χ3n) is 4.33. The number of H-pyrrole nitrogens is 1. The van der Waals surface area contributed by atoms with Gasteiger partial charge in [0.05, 0.1) is 23.9 Å². The number of nitrogens with zero attached hydrogens (tertiary/aromatic N) is 2. The average molecular weight is 395 g/mol. The molecule has 1 aromatic carbocycles. The van der Waals surface area contributed by atoms with Gasteiger partial charge in [0.2, 0.25) is 11.9 Å². The first kappa shape index (κ1) is 19.3. The number of hydrogen-bond acceptors (Lipinski definition) is 5. The molecule has 0 unspecified atom stereocenters. The van der Waals surface area contributed by atoms with Crippen LogP contribution >= 0.6 is 11.6 Å². The fourth-order valence-electron chi connectivity index (χ4n) is 2.86. The molecule has 0 saturated carbocycles. The number of nitrogens with one attached hydrogen (secondary N) is 2. The first-order chi connectivity index (χ1) is 12.9. The number of rotatable bonds is 5. The molecule has 1 aromatic heterocycles. The second-order valence-electron chi connectivity index (χ2n) is 6.23. The van der Waals surface area contributed by atoms with Crippen molar-refractivity contribution in [2.24, 2.45) is 0 Å². The van der Waals surface area contributed by atoms with E-state index < -0.39 is 5.82 Å². The number of carbonyl (C=O) groups is 1. The zero-order valence-corrected chi connectivity index (χ0v) is 15.6. The Labute approximate surface area is 160 Å². The standard InChI is InChI=1S/C18H20ClFN4O3/c1-11-13(17(26)23-18(21-11)24-6-8-27-9-7-24)3-5-16(25)22-15-4-2-12(20)10-14(15)19/h2,4,10H,3,5-9H2,1H3,(H,22,25)(H,21,23,26). The van der Waals surface area contributed by atoms with Crippen molar-refractivity contribution in [3.8, 4) is 0 Å². The van der Waals surface area contributed by atoms with E-state index in [2.05, 4.69) is 15.3 Å². The lowest BCUT2D eigenvalue weighted by Crippen LogP contribution is -2.38. The van der Waals surface area contributed by atoms with Gasteiger partial charge in [0.1, 0.15) is 5.82 Å². The molecule has 2 aromatic rings. The Hall–Kier alpha value is -2.45. The Morgan fingerprint density at radius 1 is 1.41 bits per heavy atom. The molecule has 3 rings (SSSR count). The molecule has 144 valence electrons. The summed E-state index contributed by atoms with van der Waals surface area (Å²) in [4.78, 5) is 33.8. The SMILES string of the molecule is Cc1nc(N2CCOCC2)[nH]c(=O)c1CCC(=O)Nc1ccc(F)cc1Cl. The van der Waals surface area contributed by atoms with Gasteiger partial charge < -0.3 is 15.0 Å². The third-order valence-corrected chi connectivity index (χ3v) is 4.64. The molecule has 1 amide bonds. The zero-order chi connectivity index (χ0) is 19.4. The van der Waals surface area contributed by atoms with Gasteiger partial charge in [-0.1, -0.05) is 11.6 Å². The van der Waals surface area contributed by atoms with Crippen LogP contribution < -0.4 is 15.8 Å². The summed E-state index contributed by atoms with van der Waals surface area (Å²) >= 11 is 5.90. The van der Waals surface area contributed by atoms with E-state index in [0.717, 1.165) is 6.07 Å². The van der Waals surface area contributed by atoms with Gasteiger partial charge in [-0.05, 0) is 31.5 Å². The Morgan fingerprint density at radius 3 is 2.81 bits per heavy atom. The molecule has 2 N–H and O–H groups in total. The second-order valence-corrected chi connectivity index (χ2v) is 6.63. The van der Waals surface area contributed by atoms with E-state index in [4.69, 9.17) is 16.3 Å². The van der Waals surface area contributed by atoms with Crippen molar-refractivity contribution < 1.29 is 13.9 Å². The van der Waals surface area contributed by atoms with E-state index in [9.17, 15) is 14.0 Å². The van der Waals surface area contributed by atoms with Gasteiger partial charge in [0, 0.05) is 30.8 Å². The van der Waals surface area contributed by atoms with Crippen LogP contribution in [0.2, 0.25) is 5.02 Å². The first-order valence-electron chi connectivity index (χ1n) is 8.61. The van der Waals surface area contributed by atoms with E-state index in [-0.39, 0.29) is 29.3 Å². The highest BCUT2D eigenvalue weighted by Gasteiger charge is 2.17. The first-order valence-corrected chi connectivity index (χ1v) is 8.99. The normalized spacial score (nSPS) is 14.3. The van der Waals surface area contributed by atoms with Crippen molar-refractivity contribution in [1.29, 1.82) is 0 Å². The molecule has 0 aliphatic carbocycles. The molecule has 1 aliphatic rings. The molecule has 0 bridgehead atoms. The van der Waals surface area contributed by atoms with Crippen molar-refractivity contribution >= 4 is 29.1 Å². The van der Waals surface area contributed by atoms with E-state index in [1.54, 1.807) is 6.92 Å². The summed E-state index contributed by atoms with van der Waals surface area (Å²) in [6.45, 7) is 4.28. The fourth-order valence-corrected chi connectivity index (χ4v) is 3.07. The number of hydrogen-bond donors (Lipinski definition) is 2. The van der Waals surface area contributed by atoms with Crippen LogP contribution in [0.15, 0.2) is 23.0 Å². The summed E-state index contributed by atoms with van der Waals surface area (Å²) in [5, 5.41) is 2.74. The van der Waals surface area contributed by atoms with Crippen LogP contribution in [0.3, 0.4) is 0 Å². The smallest absolute Gasteiger partial charge is 0.255 e. The Kier molecular flexibility index (Phi) is 6.08. The van der Waals surface area contributed by atoms with Crippen LogP contribution in [0.5, 0.6) is 0 Å². The van der Waals surface area contributed by atoms with Crippen molar-refractivity contribution in [2.75, 3.05) is 36.5 Å². The lowest BCUT2D eigenvalue weighted by molar-refractivity contribution is -0.116. The van der Waals surface area contributed by atoms with Gasteiger partial charge in [-0.25, -0.2) is 9.37 Å². The minimum atomic E-state index is -0.480. The van der Waals surface area contributed by atoms with E-state index in [1.807, 2.05) is 4.90 Å². The molecule has 1 saturated heterocycles. The molecule has 2 heterocycles. The maximum absolute atomic E-state index is 13.1. The Balaban J connectivity index is 1.65. The van der Waals surface area contributed by atoms with Gasteiger partial charge in [0.15, 0.2) is 0 Å². The van der Waals surface area contributed by atoms with Crippen molar-refractivity contribution in [3.05, 3.63) is 50.7 Å². The topological polar surface area (TPSA) is 87.3 Å². The van der Waals surface area contributed by atoms with E-state index >= 15 is 0 Å². The summed E-state index contributed by atoms with van der Waals surface area (Å²) in [5.74, 6) is -0.279. The summed E-state index contributed by atoms with van der Waals surface area (Å²) in [6, 6.07) is 3.73. The van der Waals surface area contributed by atoms with Crippen LogP contribution in [-0.4, -0.2) is 42.2 Å². The number of halogens is 2. The highest BCUT2D eigenvalue weighted by atomic mass is 35.5. The summed E-state index contributed by atoms with van der Waals surface area (Å²) < 4.78 is 18.4. The third kappa shape index (κ3) is 4.84. The summed E-state index contributed by atoms with van der Waals surface area (Å²) in [7, 11) is 0. The quantitative estimate of drug-likeness (QED) is 0.812. The van der Waals surface area contributed by atoms with Gasteiger partial charge in [-0.15, -0.1) is 0 Å². The zero-order valence-electron chi connectivity index (χ0n) is 14.8. The molecular weight excluding hydrogens is 375 g/mol. The van der Waals surface area contributed by atoms with Gasteiger partial charge in [0.25, 0.3) is 5.56 Å². The number of benzene rings is 1. The molecule has 9 heteroatoms. The predicted molar refractivity (Wildman–Crippen MR) is 101 cm³/mol. The van der Waals surface area contributed by atoms with Crippen LogP contribution in [0, 0.1) is 12.7 Å². The highest BCUT2D eigenvalue weighted by molar-refractivity contribution is 6.33. The number of aryl methyl sites for hydroxylation is 1. The summed E-state index contributed by atoms with van der Waals surface area (Å²) in [6.07, 6.45) is 0.318. The fraction of sp³-hybridized carbons (Fsp3) is 0.389. The number of amides is 1. The molecule has 0 atom stereocenters. The lowest BCUT2D eigenvalue weighted by atomic mass is 10.1. The molecule has 1 fully saturated rings. The molecule has 1 aliphatic heterocycles. The van der Waals surface area contributed by atoms with Crippen molar-refractivity contribution in [1.82, 2.24) is 9.97 Å². The van der Waals surface area contributed by atoms with E-state index in [1.165, 1.54) is 12.1 Å². The predicted octanol–water partition coefficient (Wildman–Crippen LogP) is 2.28. The lowest BCUT2D eigenvalue weighted by Gasteiger charge is -2.27.